The van der Waals surface area contributed by atoms with Crippen molar-refractivity contribution in [3.8, 4) is 0 Å². The predicted molar refractivity (Wildman–Crippen MR) is 91.2 cm³/mol. The van der Waals surface area contributed by atoms with Gasteiger partial charge in [0.2, 0.25) is 5.91 Å². The van der Waals surface area contributed by atoms with Gasteiger partial charge in [0.1, 0.15) is 5.54 Å². The van der Waals surface area contributed by atoms with E-state index in [0.717, 1.165) is 8.95 Å². The van der Waals surface area contributed by atoms with Crippen molar-refractivity contribution in [3.63, 3.8) is 0 Å². The number of benzene rings is 1. The largest absolute Gasteiger partial charge is 0.378 e. The van der Waals surface area contributed by atoms with Gasteiger partial charge >= 0.3 is 0 Å². The molecule has 0 aliphatic heterocycles. The minimum Gasteiger partial charge on any atom is -0.378 e. The van der Waals surface area contributed by atoms with Crippen LogP contribution in [0.25, 0.3) is 0 Å². The van der Waals surface area contributed by atoms with Crippen molar-refractivity contribution in [1.29, 1.82) is 0 Å². The summed E-state index contributed by atoms with van der Waals surface area (Å²) in [5.74, 6) is -0.184. The minimum atomic E-state index is -0.929. The fourth-order valence-corrected chi connectivity index (χ4v) is 3.86. The zero-order chi connectivity index (χ0) is 15.8. The number of hydrogen-bond acceptors (Lipinski definition) is 3. The molecular weight excluding hydrogens is 400 g/mol. The Kier molecular flexibility index (Phi) is 4.83. The molecule has 1 aromatic carbocycles. The van der Waals surface area contributed by atoms with Crippen LogP contribution in [0.3, 0.4) is 0 Å². The van der Waals surface area contributed by atoms with Gasteiger partial charge in [-0.2, -0.15) is 0 Å². The topological polar surface area (TPSA) is 64.3 Å². The molecule has 2 atom stereocenters. The summed E-state index contributed by atoms with van der Waals surface area (Å²) in [7, 11) is 0. The first-order valence-corrected chi connectivity index (χ1v) is 8.48. The summed E-state index contributed by atoms with van der Waals surface area (Å²) < 4.78 is 7.28. The SMILES string of the molecule is CCOC1CC(N)(C(=O)Nc2c(Br)cccc2Br)C1(C)C. The summed E-state index contributed by atoms with van der Waals surface area (Å²) in [6.07, 6.45) is 0.544. The normalized spacial score (nSPS) is 27.0. The lowest BCUT2D eigenvalue weighted by Crippen LogP contribution is -2.74. The number of nitrogens with two attached hydrogens (primary N) is 1. The van der Waals surface area contributed by atoms with Crippen LogP contribution in [-0.2, 0) is 9.53 Å². The van der Waals surface area contributed by atoms with Crippen LogP contribution in [0.1, 0.15) is 27.2 Å². The van der Waals surface area contributed by atoms with Crippen molar-refractivity contribution in [2.75, 3.05) is 11.9 Å². The van der Waals surface area contributed by atoms with Crippen LogP contribution in [0.2, 0.25) is 0 Å². The zero-order valence-corrected chi connectivity index (χ0v) is 15.5. The van der Waals surface area contributed by atoms with Crippen molar-refractivity contribution >= 4 is 43.5 Å². The molecule has 21 heavy (non-hydrogen) atoms. The van der Waals surface area contributed by atoms with Gasteiger partial charge < -0.3 is 15.8 Å². The fourth-order valence-electron chi connectivity index (χ4n) is 2.66. The number of halogens is 2. The summed E-state index contributed by atoms with van der Waals surface area (Å²) >= 11 is 6.87. The summed E-state index contributed by atoms with van der Waals surface area (Å²) in [4.78, 5) is 12.7. The molecule has 1 aliphatic rings. The smallest absolute Gasteiger partial charge is 0.245 e. The Hall–Kier alpha value is -0.430. The molecule has 2 unspecified atom stereocenters. The molecular formula is C15H20Br2N2O2. The molecule has 116 valence electrons. The van der Waals surface area contributed by atoms with E-state index in [0.29, 0.717) is 18.7 Å². The average molecular weight is 420 g/mol. The number of rotatable bonds is 4. The number of carbonyl (C=O) groups is 1. The van der Waals surface area contributed by atoms with Gasteiger partial charge in [-0.15, -0.1) is 0 Å². The molecule has 2 rings (SSSR count). The van der Waals surface area contributed by atoms with Crippen LogP contribution < -0.4 is 11.1 Å². The van der Waals surface area contributed by atoms with Crippen molar-refractivity contribution in [2.24, 2.45) is 11.1 Å². The molecule has 0 radical (unpaired) electrons. The number of para-hydroxylation sites is 1. The maximum Gasteiger partial charge on any atom is 0.245 e. The average Bonchev–Trinajstić information content (AvgIpc) is 2.42. The van der Waals surface area contributed by atoms with Crippen LogP contribution in [-0.4, -0.2) is 24.2 Å². The van der Waals surface area contributed by atoms with Gasteiger partial charge in [-0.05, 0) is 50.9 Å². The Bertz CT molecular complexity index is 542. The van der Waals surface area contributed by atoms with Gasteiger partial charge in [-0.1, -0.05) is 19.9 Å². The molecule has 1 amide bonds. The lowest BCUT2D eigenvalue weighted by molar-refractivity contribution is -0.166. The summed E-state index contributed by atoms with van der Waals surface area (Å²) in [5, 5.41) is 2.93. The number of anilines is 1. The number of hydrogen-bond donors (Lipinski definition) is 2. The molecule has 4 nitrogen and oxygen atoms in total. The molecule has 0 saturated heterocycles. The molecule has 1 aliphatic carbocycles. The van der Waals surface area contributed by atoms with E-state index < -0.39 is 11.0 Å². The molecule has 1 aromatic rings. The van der Waals surface area contributed by atoms with E-state index in [1.807, 2.05) is 39.0 Å². The first-order chi connectivity index (χ1) is 9.74. The van der Waals surface area contributed by atoms with E-state index in [1.54, 1.807) is 0 Å². The second kappa shape index (κ2) is 5.99. The quantitative estimate of drug-likeness (QED) is 0.782. The highest BCUT2D eigenvalue weighted by Crippen LogP contribution is 2.50. The lowest BCUT2D eigenvalue weighted by atomic mass is 9.54. The first-order valence-electron chi connectivity index (χ1n) is 6.90. The lowest BCUT2D eigenvalue weighted by Gasteiger charge is -2.57. The summed E-state index contributed by atoms with van der Waals surface area (Å²) in [6.45, 7) is 6.53. The predicted octanol–water partition coefficient (Wildman–Crippen LogP) is 3.68. The van der Waals surface area contributed by atoms with E-state index in [4.69, 9.17) is 10.5 Å². The van der Waals surface area contributed by atoms with Gasteiger partial charge in [0.25, 0.3) is 0 Å². The summed E-state index contributed by atoms with van der Waals surface area (Å²) in [5.41, 5.74) is 5.74. The molecule has 0 aromatic heterocycles. The first kappa shape index (κ1) is 16.9. The third kappa shape index (κ3) is 2.79. The number of carbonyl (C=O) groups excluding carboxylic acids is 1. The second-order valence-corrected chi connectivity index (χ2v) is 7.60. The minimum absolute atomic E-state index is 0.0147. The molecule has 0 spiro atoms. The molecule has 3 N–H and O–H groups in total. The van der Waals surface area contributed by atoms with Crippen molar-refractivity contribution in [3.05, 3.63) is 27.1 Å². The van der Waals surface area contributed by atoms with E-state index >= 15 is 0 Å². The van der Waals surface area contributed by atoms with Gasteiger partial charge in [0, 0.05) is 27.4 Å². The van der Waals surface area contributed by atoms with Gasteiger partial charge in [0.15, 0.2) is 0 Å². The highest BCUT2D eigenvalue weighted by atomic mass is 79.9. The third-order valence-corrected chi connectivity index (χ3v) is 5.76. The van der Waals surface area contributed by atoms with Crippen molar-refractivity contribution < 1.29 is 9.53 Å². The molecule has 6 heteroatoms. The van der Waals surface area contributed by atoms with Crippen LogP contribution in [0, 0.1) is 5.41 Å². The van der Waals surface area contributed by atoms with E-state index in [1.165, 1.54) is 0 Å². The molecule has 0 bridgehead atoms. The number of amides is 1. The Balaban J connectivity index is 2.18. The van der Waals surface area contributed by atoms with Crippen LogP contribution >= 0.6 is 31.9 Å². The molecule has 0 heterocycles. The Morgan fingerprint density at radius 2 is 2.00 bits per heavy atom. The Morgan fingerprint density at radius 1 is 1.43 bits per heavy atom. The van der Waals surface area contributed by atoms with Gasteiger partial charge in [0.05, 0.1) is 11.8 Å². The maximum absolute atomic E-state index is 12.7. The fraction of sp³-hybridized carbons (Fsp3) is 0.533. The summed E-state index contributed by atoms with van der Waals surface area (Å²) in [6, 6.07) is 5.64. The van der Waals surface area contributed by atoms with E-state index in [-0.39, 0.29) is 12.0 Å². The second-order valence-electron chi connectivity index (χ2n) is 5.89. The van der Waals surface area contributed by atoms with E-state index in [9.17, 15) is 4.79 Å². The van der Waals surface area contributed by atoms with Gasteiger partial charge in [-0.25, -0.2) is 0 Å². The van der Waals surface area contributed by atoms with Crippen molar-refractivity contribution in [2.45, 2.75) is 38.8 Å². The van der Waals surface area contributed by atoms with Crippen molar-refractivity contribution in [1.82, 2.24) is 0 Å². The van der Waals surface area contributed by atoms with E-state index in [2.05, 4.69) is 37.2 Å². The number of nitrogens with one attached hydrogen (secondary N) is 1. The Morgan fingerprint density at radius 3 is 2.48 bits per heavy atom. The van der Waals surface area contributed by atoms with Gasteiger partial charge in [-0.3, -0.25) is 4.79 Å². The highest BCUT2D eigenvalue weighted by molar-refractivity contribution is 9.11. The van der Waals surface area contributed by atoms with Crippen LogP contribution in [0.4, 0.5) is 5.69 Å². The Labute approximate surface area is 142 Å². The zero-order valence-electron chi connectivity index (χ0n) is 12.4. The molecule has 1 fully saturated rings. The standard InChI is InChI=1S/C15H20Br2N2O2/c1-4-21-11-8-15(18,14(11,2)3)13(20)19-12-9(16)6-5-7-10(12)17/h5-7,11H,4,8,18H2,1-3H3,(H,19,20). The van der Waals surface area contributed by atoms with Crippen LogP contribution in [0.5, 0.6) is 0 Å². The number of ether oxygens (including phenoxy) is 1. The monoisotopic (exact) mass is 418 g/mol. The molecule has 1 saturated carbocycles. The highest BCUT2D eigenvalue weighted by Gasteiger charge is 2.62. The third-order valence-electron chi connectivity index (χ3n) is 4.44. The van der Waals surface area contributed by atoms with Crippen LogP contribution in [0.15, 0.2) is 27.1 Å². The maximum atomic E-state index is 12.7.